The van der Waals surface area contributed by atoms with Gasteiger partial charge in [0.05, 0.1) is 5.25 Å². The second-order valence-corrected chi connectivity index (χ2v) is 8.30. The van der Waals surface area contributed by atoms with Crippen molar-refractivity contribution in [1.82, 2.24) is 0 Å². The van der Waals surface area contributed by atoms with E-state index < -0.39 is 15.4 Å². The van der Waals surface area contributed by atoms with Gasteiger partial charge in [0.25, 0.3) is 10.1 Å². The first kappa shape index (κ1) is 26.1. The third-order valence-corrected chi connectivity index (χ3v) is 5.74. The van der Waals surface area contributed by atoms with Gasteiger partial charge >= 0.3 is 29.6 Å². The molecule has 1 unspecified atom stereocenters. The predicted octanol–water partition coefficient (Wildman–Crippen LogP) is 3.25. The fourth-order valence-corrected chi connectivity index (χ4v) is 3.85. The summed E-state index contributed by atoms with van der Waals surface area (Å²) < 4.78 is 32.3. The monoisotopic (exact) mass is 358 g/mol. The van der Waals surface area contributed by atoms with Gasteiger partial charge < -0.3 is 1.43 Å². The van der Waals surface area contributed by atoms with E-state index in [-0.39, 0.29) is 31.0 Å². The van der Waals surface area contributed by atoms with Crippen LogP contribution in [0.15, 0.2) is 0 Å². The standard InChI is InChI=1S/C18H38O3S.Na.H/c1-3-5-7-9-11-13-15-17-18(22(19,20)21)16-14-12-10-8-6-4-2;;/h18H,3-17H2,1-2H3,(H,19,20,21);;/q;+1;-1. The zero-order chi connectivity index (χ0) is 16.7. The number of hydrogen-bond acceptors (Lipinski definition) is 2. The topological polar surface area (TPSA) is 54.4 Å². The molecule has 0 spiro atoms. The van der Waals surface area contributed by atoms with Crippen molar-refractivity contribution in [3.63, 3.8) is 0 Å². The van der Waals surface area contributed by atoms with E-state index >= 15 is 0 Å². The molecule has 0 aliphatic rings. The van der Waals surface area contributed by atoms with Crippen molar-refractivity contribution >= 4 is 10.1 Å². The molecule has 1 N–H and O–H groups in total. The Bertz CT molecular complexity index is 337. The van der Waals surface area contributed by atoms with E-state index in [4.69, 9.17) is 0 Å². The Hall–Kier alpha value is 0.910. The second-order valence-electron chi connectivity index (χ2n) is 6.60. The van der Waals surface area contributed by atoms with Crippen molar-refractivity contribution in [2.45, 2.75) is 115 Å². The van der Waals surface area contributed by atoms with Gasteiger partial charge in [-0.3, -0.25) is 4.55 Å². The van der Waals surface area contributed by atoms with Crippen molar-refractivity contribution in [2.75, 3.05) is 0 Å². The first-order valence-electron chi connectivity index (χ1n) is 9.48. The van der Waals surface area contributed by atoms with Gasteiger partial charge in [-0.1, -0.05) is 97.3 Å². The third kappa shape index (κ3) is 17.5. The Balaban J connectivity index is -0.00000220. The Morgan fingerprint density at radius 2 is 1.00 bits per heavy atom. The summed E-state index contributed by atoms with van der Waals surface area (Å²) in [5.41, 5.74) is 0. The first-order valence-corrected chi connectivity index (χ1v) is 11.0. The summed E-state index contributed by atoms with van der Waals surface area (Å²) in [7, 11) is -3.86. The van der Waals surface area contributed by atoms with Crippen LogP contribution >= 0.6 is 0 Å². The van der Waals surface area contributed by atoms with Gasteiger partial charge in [0.15, 0.2) is 0 Å². The van der Waals surface area contributed by atoms with Gasteiger partial charge in [-0.25, -0.2) is 0 Å². The molecule has 3 nitrogen and oxygen atoms in total. The molecule has 0 aromatic heterocycles. The van der Waals surface area contributed by atoms with Gasteiger partial charge in [0.1, 0.15) is 0 Å². The molecule has 0 bridgehead atoms. The molecule has 0 radical (unpaired) electrons. The van der Waals surface area contributed by atoms with Crippen LogP contribution in [0.1, 0.15) is 112 Å². The third-order valence-electron chi connectivity index (χ3n) is 4.43. The van der Waals surface area contributed by atoms with Crippen LogP contribution in [0.2, 0.25) is 0 Å². The predicted molar refractivity (Wildman–Crippen MR) is 97.1 cm³/mol. The summed E-state index contributed by atoms with van der Waals surface area (Å²) in [5, 5.41) is -0.533. The molecule has 5 heteroatoms. The van der Waals surface area contributed by atoms with Crippen LogP contribution in [-0.4, -0.2) is 18.2 Å². The zero-order valence-electron chi connectivity index (χ0n) is 16.9. The Morgan fingerprint density at radius 1 is 0.696 bits per heavy atom. The molecular weight excluding hydrogens is 319 g/mol. The van der Waals surface area contributed by atoms with Crippen LogP contribution in [-0.2, 0) is 10.1 Å². The summed E-state index contributed by atoms with van der Waals surface area (Å²) >= 11 is 0. The van der Waals surface area contributed by atoms with Crippen LogP contribution < -0.4 is 29.6 Å². The summed E-state index contributed by atoms with van der Waals surface area (Å²) in [5.74, 6) is 0. The molecule has 0 heterocycles. The molecule has 0 saturated heterocycles. The Labute approximate surface area is 168 Å². The zero-order valence-corrected chi connectivity index (χ0v) is 18.7. The summed E-state index contributed by atoms with van der Waals surface area (Å²) in [6.45, 7) is 4.40. The van der Waals surface area contributed by atoms with Crippen LogP contribution in [0.5, 0.6) is 0 Å². The molecule has 0 fully saturated rings. The van der Waals surface area contributed by atoms with Crippen molar-refractivity contribution < 1.29 is 44.0 Å². The minimum Gasteiger partial charge on any atom is -1.00 e. The van der Waals surface area contributed by atoms with Gasteiger partial charge in [0, 0.05) is 0 Å². The normalized spacial score (nSPS) is 12.8. The molecule has 136 valence electrons. The van der Waals surface area contributed by atoms with Gasteiger partial charge in [-0.15, -0.1) is 0 Å². The van der Waals surface area contributed by atoms with E-state index in [1.54, 1.807) is 0 Å². The molecule has 0 aromatic carbocycles. The maximum atomic E-state index is 11.5. The van der Waals surface area contributed by atoms with E-state index in [0.29, 0.717) is 12.8 Å². The molecule has 0 aliphatic carbocycles. The summed E-state index contributed by atoms with van der Waals surface area (Å²) in [4.78, 5) is 0. The van der Waals surface area contributed by atoms with Crippen molar-refractivity contribution in [3.05, 3.63) is 0 Å². The van der Waals surface area contributed by atoms with E-state index in [0.717, 1.165) is 25.7 Å². The van der Waals surface area contributed by atoms with Crippen LogP contribution in [0, 0.1) is 0 Å². The minimum atomic E-state index is -3.86. The minimum absolute atomic E-state index is 0. The Kier molecular flexibility index (Phi) is 20.1. The second kappa shape index (κ2) is 17.7. The van der Waals surface area contributed by atoms with Crippen molar-refractivity contribution in [2.24, 2.45) is 0 Å². The summed E-state index contributed by atoms with van der Waals surface area (Å²) in [6.07, 6.45) is 16.5. The number of rotatable bonds is 16. The molecule has 0 saturated carbocycles. The fraction of sp³-hybridized carbons (Fsp3) is 1.00. The molecule has 0 aromatic rings. The van der Waals surface area contributed by atoms with Crippen molar-refractivity contribution in [1.29, 1.82) is 0 Å². The average Bonchev–Trinajstić information content (AvgIpc) is 2.46. The van der Waals surface area contributed by atoms with E-state index in [1.165, 1.54) is 57.8 Å². The molecule has 0 amide bonds. The number of hydrogen-bond donors (Lipinski definition) is 1. The smallest absolute Gasteiger partial charge is 1.00 e. The Morgan fingerprint density at radius 3 is 1.30 bits per heavy atom. The summed E-state index contributed by atoms with van der Waals surface area (Å²) in [6, 6.07) is 0. The van der Waals surface area contributed by atoms with Gasteiger partial charge in [-0.2, -0.15) is 8.42 Å². The SMILES string of the molecule is CCCCCCCCCC(CCCCCCCC)S(=O)(=O)O.[H-].[Na+]. The molecular formula is C18H39NaO3S. The van der Waals surface area contributed by atoms with Gasteiger partial charge in [-0.05, 0) is 12.8 Å². The van der Waals surface area contributed by atoms with Gasteiger partial charge in [0.2, 0.25) is 0 Å². The van der Waals surface area contributed by atoms with E-state index in [1.807, 2.05) is 0 Å². The molecule has 0 aliphatic heterocycles. The number of unbranched alkanes of at least 4 members (excludes halogenated alkanes) is 11. The van der Waals surface area contributed by atoms with E-state index in [2.05, 4.69) is 13.8 Å². The molecule has 0 rings (SSSR count). The quantitative estimate of drug-likeness (QED) is 0.262. The first-order chi connectivity index (χ1) is 10.5. The van der Waals surface area contributed by atoms with Crippen LogP contribution in [0.25, 0.3) is 0 Å². The maximum Gasteiger partial charge on any atom is 1.00 e. The van der Waals surface area contributed by atoms with Crippen LogP contribution in [0.3, 0.4) is 0 Å². The molecule has 23 heavy (non-hydrogen) atoms. The van der Waals surface area contributed by atoms with Crippen molar-refractivity contribution in [3.8, 4) is 0 Å². The molecule has 1 atom stereocenters. The average molecular weight is 359 g/mol. The largest absolute Gasteiger partial charge is 1.00 e. The van der Waals surface area contributed by atoms with E-state index in [9.17, 15) is 13.0 Å². The maximum absolute atomic E-state index is 11.5. The van der Waals surface area contributed by atoms with Crippen LogP contribution in [0.4, 0.5) is 0 Å². The fourth-order valence-electron chi connectivity index (χ4n) is 2.92.